The largest absolute Gasteiger partial charge is 0.462 e. The number of hydrogen-bond acceptors (Lipinski definition) is 8. The van der Waals surface area contributed by atoms with E-state index in [2.05, 4.69) is 15.6 Å². The zero-order valence-corrected chi connectivity index (χ0v) is 22.9. The molecule has 10 nitrogen and oxygen atoms in total. The lowest BCUT2D eigenvalue weighted by molar-refractivity contribution is 0.0526. The van der Waals surface area contributed by atoms with Crippen LogP contribution in [0.4, 0.5) is 11.4 Å². The lowest BCUT2D eigenvalue weighted by Gasteiger charge is -2.10. The van der Waals surface area contributed by atoms with Crippen LogP contribution >= 0.6 is 11.3 Å². The maximum absolute atomic E-state index is 13.5. The molecule has 0 unspecified atom stereocenters. The predicted molar refractivity (Wildman–Crippen MR) is 155 cm³/mol. The van der Waals surface area contributed by atoms with Gasteiger partial charge in [-0.15, -0.1) is 0 Å². The first-order valence-corrected chi connectivity index (χ1v) is 13.4. The summed E-state index contributed by atoms with van der Waals surface area (Å²) in [5, 5.41) is 5.47. The minimum absolute atomic E-state index is 0.00505. The molecule has 2 N–H and O–H groups in total. The Labute approximate surface area is 238 Å². The van der Waals surface area contributed by atoms with Gasteiger partial charge in [0.05, 0.1) is 12.2 Å². The minimum Gasteiger partial charge on any atom is -0.462 e. The highest BCUT2D eigenvalue weighted by Crippen LogP contribution is 2.26. The zero-order valence-electron chi connectivity index (χ0n) is 22.0. The molecule has 0 saturated heterocycles. The molecule has 2 heterocycles. The Morgan fingerprint density at radius 3 is 2.12 bits per heavy atom. The fourth-order valence-electron chi connectivity index (χ4n) is 3.96. The molecule has 0 aliphatic heterocycles. The van der Waals surface area contributed by atoms with Crippen molar-refractivity contribution in [1.82, 2.24) is 9.38 Å². The first kappa shape index (κ1) is 27.3. The molecule has 0 radical (unpaired) electrons. The standard InChI is InChI=1S/C30H24N4O6S/c1-3-39-29(38)19-9-11-20(12-10-19)32-27(36)25-26(41-30-31-18(2)17-24(35)34(25)30)28(37)33-21-13-15-23(16-14-21)40-22-7-5-4-6-8-22/h4-17H,3H2,1-2H3,(H,32,36)(H,33,37). The van der Waals surface area contributed by atoms with E-state index >= 15 is 0 Å². The molecule has 0 fully saturated rings. The van der Waals surface area contributed by atoms with E-state index in [1.807, 2.05) is 30.3 Å². The number of anilines is 2. The van der Waals surface area contributed by atoms with Gasteiger partial charge in [-0.2, -0.15) is 0 Å². The van der Waals surface area contributed by atoms with Gasteiger partial charge in [0, 0.05) is 23.1 Å². The summed E-state index contributed by atoms with van der Waals surface area (Å²) in [5.74, 6) is -0.507. The Morgan fingerprint density at radius 2 is 1.46 bits per heavy atom. The van der Waals surface area contributed by atoms with Crippen molar-refractivity contribution in [3.05, 3.63) is 117 Å². The molecule has 5 rings (SSSR count). The maximum atomic E-state index is 13.5. The average molecular weight is 569 g/mol. The van der Waals surface area contributed by atoms with Crippen LogP contribution in [-0.4, -0.2) is 33.8 Å². The van der Waals surface area contributed by atoms with Gasteiger partial charge in [0.2, 0.25) is 0 Å². The van der Waals surface area contributed by atoms with E-state index in [9.17, 15) is 19.2 Å². The van der Waals surface area contributed by atoms with Crippen LogP contribution in [0, 0.1) is 6.92 Å². The number of nitrogens with zero attached hydrogens (tertiary/aromatic N) is 2. The number of amides is 2. The van der Waals surface area contributed by atoms with E-state index in [1.54, 1.807) is 38.1 Å². The Kier molecular flexibility index (Phi) is 7.88. The van der Waals surface area contributed by atoms with Gasteiger partial charge in [-0.05, 0) is 74.5 Å². The second kappa shape index (κ2) is 11.8. The van der Waals surface area contributed by atoms with E-state index in [0.717, 1.165) is 15.7 Å². The number of thiazole rings is 1. The van der Waals surface area contributed by atoms with Gasteiger partial charge < -0.3 is 20.1 Å². The molecule has 0 spiro atoms. The Hall–Kier alpha value is -5.29. The van der Waals surface area contributed by atoms with Gasteiger partial charge in [0.25, 0.3) is 17.4 Å². The quantitative estimate of drug-likeness (QED) is 0.235. The van der Waals surface area contributed by atoms with Gasteiger partial charge in [-0.3, -0.25) is 14.4 Å². The summed E-state index contributed by atoms with van der Waals surface area (Å²) in [5.41, 5.74) is 0.952. The van der Waals surface area contributed by atoms with Crippen molar-refractivity contribution >= 4 is 45.5 Å². The molecule has 0 aliphatic carbocycles. The topological polar surface area (TPSA) is 128 Å². The van der Waals surface area contributed by atoms with Gasteiger partial charge in [0.15, 0.2) is 4.96 Å². The monoisotopic (exact) mass is 568 g/mol. The SMILES string of the molecule is CCOC(=O)c1ccc(NC(=O)c2c(C(=O)Nc3ccc(Oc4ccccc4)cc3)sc3nc(C)cc(=O)n23)cc1. The zero-order chi connectivity index (χ0) is 28.9. The van der Waals surface area contributed by atoms with Crippen molar-refractivity contribution in [2.24, 2.45) is 0 Å². The average Bonchev–Trinajstić information content (AvgIpc) is 3.35. The molecule has 41 heavy (non-hydrogen) atoms. The lowest BCUT2D eigenvalue weighted by Crippen LogP contribution is -2.25. The first-order chi connectivity index (χ1) is 19.8. The van der Waals surface area contributed by atoms with E-state index in [0.29, 0.717) is 34.1 Å². The molecular weight excluding hydrogens is 544 g/mol. The summed E-state index contributed by atoms with van der Waals surface area (Å²) in [6, 6.07) is 23.4. The summed E-state index contributed by atoms with van der Waals surface area (Å²) >= 11 is 0.928. The summed E-state index contributed by atoms with van der Waals surface area (Å²) in [6.45, 7) is 3.60. The van der Waals surface area contributed by atoms with Crippen LogP contribution in [0.1, 0.15) is 43.1 Å². The van der Waals surface area contributed by atoms with E-state index < -0.39 is 23.3 Å². The lowest BCUT2D eigenvalue weighted by atomic mass is 10.2. The number of carbonyl (C=O) groups excluding carboxylic acids is 3. The number of esters is 1. The molecule has 0 atom stereocenters. The Bertz CT molecular complexity index is 1800. The predicted octanol–water partition coefficient (Wildman–Crippen LogP) is 5.54. The highest BCUT2D eigenvalue weighted by Gasteiger charge is 2.26. The molecule has 5 aromatic rings. The number of hydrogen-bond donors (Lipinski definition) is 2. The van der Waals surface area contributed by atoms with E-state index in [4.69, 9.17) is 9.47 Å². The molecule has 0 bridgehead atoms. The number of para-hydroxylation sites is 1. The van der Waals surface area contributed by atoms with Crippen molar-refractivity contribution in [3.8, 4) is 11.5 Å². The third kappa shape index (κ3) is 6.15. The third-order valence-electron chi connectivity index (χ3n) is 5.81. The number of nitrogens with one attached hydrogen (secondary N) is 2. The van der Waals surface area contributed by atoms with E-state index in [-0.39, 0.29) is 22.1 Å². The van der Waals surface area contributed by atoms with E-state index in [1.165, 1.54) is 30.3 Å². The van der Waals surface area contributed by atoms with Crippen molar-refractivity contribution < 1.29 is 23.9 Å². The molecule has 2 amide bonds. The van der Waals surface area contributed by atoms with Crippen molar-refractivity contribution in [1.29, 1.82) is 0 Å². The summed E-state index contributed by atoms with van der Waals surface area (Å²) in [4.78, 5) is 56.3. The minimum atomic E-state index is -0.690. The van der Waals surface area contributed by atoms with Crippen LogP contribution in [0.5, 0.6) is 11.5 Å². The number of ether oxygens (including phenoxy) is 2. The highest BCUT2D eigenvalue weighted by atomic mass is 32.1. The highest BCUT2D eigenvalue weighted by molar-refractivity contribution is 7.19. The van der Waals surface area contributed by atoms with Crippen LogP contribution in [0.25, 0.3) is 4.96 Å². The second-order valence-electron chi connectivity index (χ2n) is 8.78. The van der Waals surface area contributed by atoms with Crippen LogP contribution in [0.15, 0.2) is 89.7 Å². The van der Waals surface area contributed by atoms with Crippen LogP contribution < -0.4 is 20.9 Å². The number of benzene rings is 3. The second-order valence-corrected chi connectivity index (χ2v) is 9.76. The smallest absolute Gasteiger partial charge is 0.338 e. The molecular formula is C30H24N4O6S. The number of aromatic nitrogens is 2. The number of aryl methyl sites for hydroxylation is 1. The Balaban J connectivity index is 1.41. The van der Waals surface area contributed by atoms with Gasteiger partial charge in [-0.25, -0.2) is 14.2 Å². The Morgan fingerprint density at radius 1 is 0.854 bits per heavy atom. The van der Waals surface area contributed by atoms with Gasteiger partial charge in [-0.1, -0.05) is 29.5 Å². The first-order valence-electron chi connectivity index (χ1n) is 12.6. The molecule has 0 saturated carbocycles. The third-order valence-corrected chi connectivity index (χ3v) is 6.85. The summed E-state index contributed by atoms with van der Waals surface area (Å²) in [7, 11) is 0. The molecule has 2 aromatic heterocycles. The molecule has 3 aromatic carbocycles. The summed E-state index contributed by atoms with van der Waals surface area (Å²) in [6.07, 6.45) is 0. The van der Waals surface area contributed by atoms with Gasteiger partial charge >= 0.3 is 5.97 Å². The number of fused-ring (bicyclic) bond motifs is 1. The normalized spacial score (nSPS) is 10.7. The fraction of sp³-hybridized carbons (Fsp3) is 0.100. The van der Waals surface area contributed by atoms with Gasteiger partial charge in [0.1, 0.15) is 22.1 Å². The molecule has 11 heteroatoms. The summed E-state index contributed by atoms with van der Waals surface area (Å²) < 4.78 is 11.9. The van der Waals surface area contributed by atoms with Crippen molar-refractivity contribution in [2.75, 3.05) is 17.2 Å². The van der Waals surface area contributed by atoms with Crippen LogP contribution in [0.2, 0.25) is 0 Å². The number of carbonyl (C=O) groups is 3. The fourth-order valence-corrected chi connectivity index (χ4v) is 5.03. The molecule has 0 aliphatic rings. The van der Waals surface area contributed by atoms with Crippen LogP contribution in [-0.2, 0) is 4.74 Å². The number of rotatable bonds is 8. The molecule has 206 valence electrons. The van der Waals surface area contributed by atoms with Crippen molar-refractivity contribution in [3.63, 3.8) is 0 Å². The van der Waals surface area contributed by atoms with Crippen LogP contribution in [0.3, 0.4) is 0 Å². The maximum Gasteiger partial charge on any atom is 0.338 e. The van der Waals surface area contributed by atoms with Crippen molar-refractivity contribution in [2.45, 2.75) is 13.8 Å².